The zero-order valence-corrected chi connectivity index (χ0v) is 7.94. The minimum Gasteiger partial charge on any atom is -0.0955 e. The summed E-state index contributed by atoms with van der Waals surface area (Å²) in [4.78, 5) is 0. The molecule has 1 rings (SSSR count). The van der Waals surface area contributed by atoms with Crippen LogP contribution >= 0.6 is 0 Å². The third-order valence-electron chi connectivity index (χ3n) is 2.29. The largest absolute Gasteiger partial charge is 0.114 e. The van der Waals surface area contributed by atoms with Gasteiger partial charge in [0, 0.05) is 0 Å². The molecule has 0 bridgehead atoms. The Hall–Kier alpha value is -0.975. The maximum Gasteiger partial charge on any atom is 0.114 e. The van der Waals surface area contributed by atoms with Crippen molar-refractivity contribution < 1.29 is 0 Å². The molecule has 12 heavy (non-hydrogen) atoms. The number of allylic oxidation sites excluding steroid dienone is 1. The first-order chi connectivity index (χ1) is 5.54. The van der Waals surface area contributed by atoms with Crippen LogP contribution in [0.4, 0.5) is 0 Å². The van der Waals surface area contributed by atoms with Crippen molar-refractivity contribution >= 4 is 18.9 Å². The van der Waals surface area contributed by atoms with Gasteiger partial charge in [0.05, 0.1) is 0 Å². The molecule has 0 nitrogen and oxygen atoms in total. The molecule has 0 saturated heterocycles. The molecule has 0 N–H and O–H groups in total. The first-order valence-corrected chi connectivity index (χ1v) is 4.05. The summed E-state index contributed by atoms with van der Waals surface area (Å²) in [5, 5.41) is 0. The summed E-state index contributed by atoms with van der Waals surface area (Å²) in [6.45, 7) is 10.0. The summed E-state index contributed by atoms with van der Waals surface area (Å²) in [6, 6.07) is 3.96. The van der Waals surface area contributed by atoms with Crippen LogP contribution in [0.5, 0.6) is 0 Å². The van der Waals surface area contributed by atoms with Gasteiger partial charge in [-0.15, -0.1) is 0 Å². The molecular weight excluding hydrogens is 143 g/mol. The molecule has 2 radical (unpaired) electrons. The summed E-state index contributed by atoms with van der Waals surface area (Å²) in [7, 11) is 5.76. The molecule has 1 aromatic rings. The van der Waals surface area contributed by atoms with E-state index >= 15 is 0 Å². The highest BCUT2D eigenvalue weighted by atomic mass is 14.1. The SMILES string of the molecule is [B]c1ccc(C(=C)C)c(C)c1C. The van der Waals surface area contributed by atoms with E-state index in [-0.39, 0.29) is 0 Å². The fourth-order valence-electron chi connectivity index (χ4n) is 1.30. The van der Waals surface area contributed by atoms with Crippen LogP contribution in [-0.4, -0.2) is 7.85 Å². The number of hydrogen-bond donors (Lipinski definition) is 0. The van der Waals surface area contributed by atoms with Gasteiger partial charge in [0.1, 0.15) is 7.85 Å². The minimum atomic E-state index is 0.859. The molecule has 0 aliphatic heterocycles. The second-order valence-electron chi connectivity index (χ2n) is 3.23. The quantitative estimate of drug-likeness (QED) is 0.546. The van der Waals surface area contributed by atoms with E-state index in [1.165, 1.54) is 11.1 Å². The fraction of sp³-hybridized carbons (Fsp3) is 0.273. The highest BCUT2D eigenvalue weighted by Crippen LogP contribution is 2.17. The van der Waals surface area contributed by atoms with Gasteiger partial charge < -0.3 is 0 Å². The predicted molar refractivity (Wildman–Crippen MR) is 56.0 cm³/mol. The lowest BCUT2D eigenvalue weighted by Crippen LogP contribution is -2.09. The lowest BCUT2D eigenvalue weighted by molar-refractivity contribution is 1.33. The Labute approximate surface area is 75.7 Å². The Bertz CT molecular complexity index is 324. The predicted octanol–water partition coefficient (Wildman–Crippen LogP) is 2.13. The zero-order chi connectivity index (χ0) is 9.30. The molecule has 0 fully saturated rings. The summed E-state index contributed by atoms with van der Waals surface area (Å²) in [5.74, 6) is 0. The van der Waals surface area contributed by atoms with Crippen molar-refractivity contribution in [2.75, 3.05) is 0 Å². The summed E-state index contributed by atoms with van der Waals surface area (Å²) >= 11 is 0. The van der Waals surface area contributed by atoms with Crippen LogP contribution in [0.1, 0.15) is 23.6 Å². The molecule has 0 saturated carbocycles. The van der Waals surface area contributed by atoms with E-state index in [1.54, 1.807) is 0 Å². The Morgan fingerprint density at radius 2 is 1.83 bits per heavy atom. The summed E-state index contributed by atoms with van der Waals surface area (Å²) < 4.78 is 0. The van der Waals surface area contributed by atoms with Gasteiger partial charge in [-0.25, -0.2) is 0 Å². The monoisotopic (exact) mass is 156 g/mol. The van der Waals surface area contributed by atoms with Gasteiger partial charge in [-0.05, 0) is 31.9 Å². The Morgan fingerprint density at radius 3 is 2.33 bits per heavy atom. The number of rotatable bonds is 1. The molecule has 0 aliphatic carbocycles. The molecule has 0 spiro atoms. The highest BCUT2D eigenvalue weighted by Gasteiger charge is 2.02. The van der Waals surface area contributed by atoms with Crippen molar-refractivity contribution in [1.82, 2.24) is 0 Å². The van der Waals surface area contributed by atoms with Crippen LogP contribution in [0.3, 0.4) is 0 Å². The molecule has 0 aromatic heterocycles. The molecule has 0 aliphatic rings. The van der Waals surface area contributed by atoms with Crippen LogP contribution in [0.15, 0.2) is 18.7 Å². The third kappa shape index (κ3) is 1.45. The van der Waals surface area contributed by atoms with Crippen LogP contribution < -0.4 is 5.46 Å². The van der Waals surface area contributed by atoms with Gasteiger partial charge in [-0.3, -0.25) is 0 Å². The van der Waals surface area contributed by atoms with Gasteiger partial charge in [-0.1, -0.05) is 35.3 Å². The first kappa shape index (κ1) is 9.12. The van der Waals surface area contributed by atoms with Crippen molar-refractivity contribution in [3.05, 3.63) is 35.4 Å². The maximum atomic E-state index is 5.76. The van der Waals surface area contributed by atoms with Gasteiger partial charge in [0.2, 0.25) is 0 Å². The second-order valence-corrected chi connectivity index (χ2v) is 3.23. The Balaban J connectivity index is 3.36. The highest BCUT2D eigenvalue weighted by molar-refractivity contribution is 6.33. The van der Waals surface area contributed by atoms with Crippen molar-refractivity contribution in [3.8, 4) is 0 Å². The normalized spacial score (nSPS) is 9.92. The number of hydrogen-bond acceptors (Lipinski definition) is 0. The fourth-order valence-corrected chi connectivity index (χ4v) is 1.30. The van der Waals surface area contributed by atoms with Gasteiger partial charge in [-0.2, -0.15) is 0 Å². The third-order valence-corrected chi connectivity index (χ3v) is 2.29. The topological polar surface area (TPSA) is 0 Å². The molecule has 0 amide bonds. The summed E-state index contributed by atoms with van der Waals surface area (Å²) in [6.07, 6.45) is 0. The zero-order valence-electron chi connectivity index (χ0n) is 7.94. The van der Waals surface area contributed by atoms with Gasteiger partial charge in [0.25, 0.3) is 0 Å². The first-order valence-electron chi connectivity index (χ1n) is 4.05. The van der Waals surface area contributed by atoms with Gasteiger partial charge >= 0.3 is 0 Å². The molecule has 0 unspecified atom stereocenters. The van der Waals surface area contributed by atoms with Crippen molar-refractivity contribution in [2.24, 2.45) is 0 Å². The van der Waals surface area contributed by atoms with E-state index in [4.69, 9.17) is 7.85 Å². The Morgan fingerprint density at radius 1 is 1.25 bits per heavy atom. The van der Waals surface area contributed by atoms with E-state index in [1.807, 2.05) is 26.0 Å². The van der Waals surface area contributed by atoms with Crippen molar-refractivity contribution in [1.29, 1.82) is 0 Å². The van der Waals surface area contributed by atoms with Gasteiger partial charge in [0.15, 0.2) is 0 Å². The Kier molecular flexibility index (Phi) is 2.42. The maximum absolute atomic E-state index is 5.76. The molecule has 0 heterocycles. The minimum absolute atomic E-state index is 0.859. The second kappa shape index (κ2) is 3.18. The van der Waals surface area contributed by atoms with Crippen LogP contribution in [-0.2, 0) is 0 Å². The van der Waals surface area contributed by atoms with E-state index in [0.717, 1.165) is 16.6 Å². The van der Waals surface area contributed by atoms with Crippen LogP contribution in [0.25, 0.3) is 5.57 Å². The number of benzene rings is 1. The average Bonchev–Trinajstić information content (AvgIpc) is 2.00. The molecular formula is C11H13B. The van der Waals surface area contributed by atoms with E-state index in [9.17, 15) is 0 Å². The van der Waals surface area contributed by atoms with E-state index in [0.29, 0.717) is 0 Å². The smallest absolute Gasteiger partial charge is 0.0955 e. The van der Waals surface area contributed by atoms with Crippen LogP contribution in [0.2, 0.25) is 0 Å². The average molecular weight is 156 g/mol. The molecule has 1 aromatic carbocycles. The van der Waals surface area contributed by atoms with E-state index in [2.05, 4.69) is 13.5 Å². The standard InChI is InChI=1S/C11H13B/c1-7(2)10-5-6-11(12)9(4)8(10)3/h5-6H,1H2,2-4H3. The van der Waals surface area contributed by atoms with Crippen LogP contribution in [0, 0.1) is 13.8 Å². The van der Waals surface area contributed by atoms with E-state index < -0.39 is 0 Å². The van der Waals surface area contributed by atoms with Crippen molar-refractivity contribution in [3.63, 3.8) is 0 Å². The lowest BCUT2D eigenvalue weighted by atomic mass is 9.85. The molecule has 1 heteroatoms. The lowest BCUT2D eigenvalue weighted by Gasteiger charge is -2.10. The molecule has 0 atom stereocenters. The molecule has 60 valence electrons. The summed E-state index contributed by atoms with van der Waals surface area (Å²) in [5.41, 5.74) is 5.56. The van der Waals surface area contributed by atoms with Crippen molar-refractivity contribution in [2.45, 2.75) is 20.8 Å².